The molecular weight excluding hydrogens is 1220 g/mol. The number of hydrogen-bond acceptors (Lipinski definition) is 7. The van der Waals surface area contributed by atoms with Crippen LogP contribution in [-0.4, -0.2) is 87.4 Å². The van der Waals surface area contributed by atoms with E-state index in [1.165, 1.54) is 0 Å². The Morgan fingerprint density at radius 2 is 0.545 bits per heavy atom. The van der Waals surface area contributed by atoms with E-state index in [2.05, 4.69) is 269 Å². The molecule has 0 spiro atoms. The monoisotopic (exact) mass is 1360 g/mol. The fourth-order valence-electron chi connectivity index (χ4n) is 9.10. The molecule has 2 atom stereocenters. The molecule has 0 aromatic carbocycles. The number of carboxylic acid groups (broad SMARTS) is 1. The summed E-state index contributed by atoms with van der Waals surface area (Å²) in [6.07, 6.45) is 122. The summed E-state index contributed by atoms with van der Waals surface area (Å²) in [6.45, 7) is 4.55. The van der Waals surface area contributed by atoms with Crippen LogP contribution in [0.4, 0.5) is 0 Å². The van der Waals surface area contributed by atoms with Gasteiger partial charge < -0.3 is 28.5 Å². The van der Waals surface area contributed by atoms with Gasteiger partial charge in [-0.3, -0.25) is 9.59 Å². The average molecular weight is 1360 g/mol. The van der Waals surface area contributed by atoms with Crippen LogP contribution in [0.15, 0.2) is 255 Å². The van der Waals surface area contributed by atoms with Crippen LogP contribution in [0.5, 0.6) is 0 Å². The van der Waals surface area contributed by atoms with Crippen molar-refractivity contribution in [3.05, 3.63) is 255 Å². The summed E-state index contributed by atoms with van der Waals surface area (Å²) in [5, 5.41) is 9.76. The molecule has 0 fully saturated rings. The van der Waals surface area contributed by atoms with Gasteiger partial charge in [0.05, 0.1) is 34.4 Å². The summed E-state index contributed by atoms with van der Waals surface area (Å²) in [7, 11) is 5.94. The maximum absolute atomic E-state index is 13.0. The summed E-state index contributed by atoms with van der Waals surface area (Å²) in [5.41, 5.74) is 0. The average Bonchev–Trinajstić information content (AvgIpc) is 2.19. The number of carbonyl (C=O) groups is 3. The molecule has 0 amide bonds. The Hall–Kier alpha value is -7.17. The van der Waals surface area contributed by atoms with Crippen molar-refractivity contribution in [2.24, 2.45) is 0 Å². The van der Waals surface area contributed by atoms with E-state index in [4.69, 9.17) is 18.9 Å². The fraction of sp³-hybridized carbons (Fsp3) is 0.500. The van der Waals surface area contributed by atoms with Crippen LogP contribution in [-0.2, 0) is 33.3 Å². The first-order chi connectivity index (χ1) is 48.6. The van der Waals surface area contributed by atoms with E-state index in [1.54, 1.807) is 0 Å². The third-order valence-corrected chi connectivity index (χ3v) is 14.8. The molecular formula is C90H136NO8+. The maximum Gasteiger partial charge on any atom is 0.361 e. The molecule has 0 radical (unpaired) electrons. The van der Waals surface area contributed by atoms with Crippen molar-refractivity contribution in [3.8, 4) is 0 Å². The summed E-state index contributed by atoms with van der Waals surface area (Å²) in [4.78, 5) is 37.7. The maximum atomic E-state index is 13.0. The van der Waals surface area contributed by atoms with Crippen molar-refractivity contribution < 1.29 is 42.9 Å². The van der Waals surface area contributed by atoms with Gasteiger partial charge in [-0.15, -0.1) is 0 Å². The summed E-state index contributed by atoms with van der Waals surface area (Å²) in [5.74, 6) is -2.10. The number of quaternary nitrogens is 1. The Morgan fingerprint density at radius 1 is 0.303 bits per heavy atom. The molecule has 0 heterocycles. The molecule has 9 heteroatoms. The number of nitrogens with zero attached hydrogens (tertiary/aromatic N) is 1. The lowest BCUT2D eigenvalue weighted by molar-refractivity contribution is -0.870. The Labute approximate surface area is 604 Å². The minimum atomic E-state index is -1.54. The normalized spacial score (nSPS) is 14.2. The zero-order chi connectivity index (χ0) is 71.8. The molecule has 0 rings (SSSR count). The highest BCUT2D eigenvalue weighted by Crippen LogP contribution is 2.13. The van der Waals surface area contributed by atoms with Crippen LogP contribution in [0, 0.1) is 0 Å². The molecule has 0 aliphatic heterocycles. The highest BCUT2D eigenvalue weighted by atomic mass is 16.7. The summed E-state index contributed by atoms with van der Waals surface area (Å²) in [6, 6.07) is 0. The van der Waals surface area contributed by atoms with Crippen molar-refractivity contribution in [3.63, 3.8) is 0 Å². The predicted octanol–water partition coefficient (Wildman–Crippen LogP) is 24.6. The van der Waals surface area contributed by atoms with E-state index in [9.17, 15) is 19.5 Å². The number of rotatable bonds is 66. The molecule has 0 saturated carbocycles. The lowest BCUT2D eigenvalue weighted by atomic mass is 10.1. The Balaban J connectivity index is 4.30. The van der Waals surface area contributed by atoms with Gasteiger partial charge in [-0.05, 0) is 173 Å². The van der Waals surface area contributed by atoms with E-state index in [0.29, 0.717) is 23.9 Å². The lowest BCUT2D eigenvalue weighted by Crippen LogP contribution is -2.40. The second kappa shape index (κ2) is 76.6. The number of carbonyl (C=O) groups excluding carboxylic acids is 2. The minimum absolute atomic E-state index is 0.163. The SMILES string of the molecule is CC/C=C\C/C=C\C/C=C\C/C=C\C/C=C\C/C=C\C/C=C\C/C=C\C/C=C\C/C=C\C/C=C\CCCCCC(=O)OC(COC(=O)CCCCCCCC/C=C\C/C=C\C/C=C\C/C=C\C/C=C\C/C=C\C/C=C\C/C=C\C/C=C\C/C=C\CC)COC(OCC[N+](C)(C)C)C(=O)O. The van der Waals surface area contributed by atoms with E-state index >= 15 is 0 Å². The summed E-state index contributed by atoms with van der Waals surface area (Å²) < 4.78 is 22.9. The molecule has 2 unspecified atom stereocenters. The van der Waals surface area contributed by atoms with Crippen LogP contribution in [0.2, 0.25) is 0 Å². The van der Waals surface area contributed by atoms with Crippen LogP contribution in [0.25, 0.3) is 0 Å². The van der Waals surface area contributed by atoms with Crippen LogP contribution in [0.1, 0.15) is 232 Å². The van der Waals surface area contributed by atoms with Gasteiger partial charge in [-0.1, -0.05) is 301 Å². The molecule has 0 aromatic heterocycles. The summed E-state index contributed by atoms with van der Waals surface area (Å²) >= 11 is 0. The molecule has 548 valence electrons. The second-order valence-electron chi connectivity index (χ2n) is 25.1. The van der Waals surface area contributed by atoms with Crippen molar-refractivity contribution in [2.75, 3.05) is 47.5 Å². The van der Waals surface area contributed by atoms with Crippen LogP contribution >= 0.6 is 0 Å². The van der Waals surface area contributed by atoms with Gasteiger partial charge in [0, 0.05) is 12.8 Å². The van der Waals surface area contributed by atoms with E-state index < -0.39 is 24.3 Å². The highest BCUT2D eigenvalue weighted by Gasteiger charge is 2.25. The van der Waals surface area contributed by atoms with Gasteiger partial charge in [-0.2, -0.15) is 0 Å². The first-order valence-electron chi connectivity index (χ1n) is 37.8. The molecule has 0 aromatic rings. The topological polar surface area (TPSA) is 108 Å². The number of carboxylic acids is 1. The van der Waals surface area contributed by atoms with Gasteiger partial charge in [0.25, 0.3) is 6.29 Å². The number of ether oxygens (including phenoxy) is 4. The number of likely N-dealkylation sites (N-methyl/N-ethyl adjacent to an activating group) is 1. The van der Waals surface area contributed by atoms with Crippen LogP contribution in [0.3, 0.4) is 0 Å². The predicted molar refractivity (Wildman–Crippen MR) is 427 cm³/mol. The second-order valence-corrected chi connectivity index (χ2v) is 25.1. The van der Waals surface area contributed by atoms with E-state index in [-0.39, 0.29) is 38.6 Å². The van der Waals surface area contributed by atoms with E-state index in [0.717, 1.165) is 193 Å². The standard InChI is InChI=1S/C90H135NO8/c1-6-8-10-12-14-16-18-20-22-24-26-28-30-32-34-36-38-40-42-44-46-48-50-52-54-56-58-60-62-64-66-68-70-72-74-76-78-80-87(92)97-84-86(85-98-90(89(94)95)96-83-82-91(3,4)5)99-88(93)81-79-77-75-73-71-69-67-65-63-61-59-57-55-53-51-49-47-45-43-41-39-37-35-33-31-29-27-25-23-21-19-17-15-13-11-9-7-2/h8-11,14-17,20-23,26-29,32-35,38-41,44-47,50-53,56-59,62-65,69,71,86,90H,6-7,12-13,18-19,24-25,30-31,36-37,42-43,48-49,54-55,60-61,66-68,70,72-85H2,1-5H3/p+1/b10-8-,11-9-,16-14-,17-15-,22-20-,23-21-,28-26-,29-27-,34-32-,35-33-,40-38-,41-39-,46-44-,47-45-,52-50-,53-51-,58-56-,59-57-,64-62-,65-63-,71-69-. The first kappa shape index (κ1) is 91.8. The van der Waals surface area contributed by atoms with Gasteiger partial charge in [0.2, 0.25) is 0 Å². The molecule has 99 heavy (non-hydrogen) atoms. The quantitative estimate of drug-likeness (QED) is 0.0211. The molecule has 0 saturated heterocycles. The fourth-order valence-corrected chi connectivity index (χ4v) is 9.10. The van der Waals surface area contributed by atoms with Crippen molar-refractivity contribution in [2.45, 2.75) is 245 Å². The molecule has 1 N–H and O–H groups in total. The Bertz CT molecular complexity index is 2590. The number of allylic oxidation sites excluding steroid dienone is 42. The van der Waals surface area contributed by atoms with E-state index in [1.807, 2.05) is 21.1 Å². The third-order valence-electron chi connectivity index (χ3n) is 14.8. The zero-order valence-electron chi connectivity index (χ0n) is 62.5. The first-order valence-corrected chi connectivity index (χ1v) is 37.8. The van der Waals surface area contributed by atoms with Crippen molar-refractivity contribution >= 4 is 17.9 Å². The van der Waals surface area contributed by atoms with Gasteiger partial charge in [0.1, 0.15) is 13.2 Å². The molecule has 0 aliphatic rings. The smallest absolute Gasteiger partial charge is 0.361 e. The number of hydrogen-bond donors (Lipinski definition) is 1. The lowest BCUT2D eigenvalue weighted by Gasteiger charge is -2.25. The van der Waals surface area contributed by atoms with Crippen molar-refractivity contribution in [1.82, 2.24) is 0 Å². The minimum Gasteiger partial charge on any atom is -0.477 e. The highest BCUT2D eigenvalue weighted by molar-refractivity contribution is 5.71. The Kier molecular flexibility index (Phi) is 71.0. The molecule has 0 aliphatic carbocycles. The molecule has 0 bridgehead atoms. The molecule has 9 nitrogen and oxygen atoms in total. The zero-order valence-corrected chi connectivity index (χ0v) is 62.5. The Morgan fingerprint density at radius 3 is 0.818 bits per heavy atom. The largest absolute Gasteiger partial charge is 0.477 e. The van der Waals surface area contributed by atoms with Crippen molar-refractivity contribution in [1.29, 1.82) is 0 Å². The van der Waals surface area contributed by atoms with Gasteiger partial charge in [-0.25, -0.2) is 4.79 Å². The van der Waals surface area contributed by atoms with Gasteiger partial charge in [0.15, 0.2) is 6.10 Å². The van der Waals surface area contributed by atoms with Gasteiger partial charge >= 0.3 is 17.9 Å². The number of unbranched alkanes of at least 4 members (excludes halogenated alkanes) is 9. The van der Waals surface area contributed by atoms with Crippen LogP contribution < -0.4 is 0 Å². The number of aliphatic carboxylic acids is 1. The number of esters is 2. The third kappa shape index (κ3) is 78.0.